The molecule has 0 spiro atoms. The molecule has 0 saturated heterocycles. The van der Waals surface area contributed by atoms with Crippen molar-refractivity contribution in [3.8, 4) is 0 Å². The molecule has 2 aromatic carbocycles. The maximum Gasteiger partial charge on any atom is 0.244 e. The molecule has 2 aromatic rings. The highest BCUT2D eigenvalue weighted by Gasteiger charge is 2.17. The van der Waals surface area contributed by atoms with Crippen molar-refractivity contribution >= 4 is 46.4 Å². The number of anilines is 2. The maximum atomic E-state index is 13.1. The lowest BCUT2D eigenvalue weighted by Crippen LogP contribution is -2.36. The van der Waals surface area contributed by atoms with E-state index in [-0.39, 0.29) is 17.3 Å². The summed E-state index contributed by atoms with van der Waals surface area (Å²) in [5, 5.41) is 2.94. The van der Waals surface area contributed by atoms with Crippen LogP contribution in [0.15, 0.2) is 36.4 Å². The number of nitrogens with one attached hydrogen (secondary N) is 1. The first-order valence-electron chi connectivity index (χ1n) is 6.76. The highest BCUT2D eigenvalue weighted by Crippen LogP contribution is 2.27. The van der Waals surface area contributed by atoms with Gasteiger partial charge < -0.3 is 10.2 Å². The van der Waals surface area contributed by atoms with Crippen molar-refractivity contribution < 1.29 is 18.4 Å². The van der Waals surface area contributed by atoms with Gasteiger partial charge in [-0.05, 0) is 30.3 Å². The Morgan fingerprint density at radius 3 is 2.33 bits per heavy atom. The Morgan fingerprint density at radius 2 is 1.75 bits per heavy atom. The molecule has 0 aromatic heterocycles. The smallest absolute Gasteiger partial charge is 0.244 e. The minimum Gasteiger partial charge on any atom is -0.324 e. The standard InChI is InChI=1S/C16H12Cl2F2N2O2/c1-9(23)22(11-3-4-12(17)13(18)7-11)8-16(24)21-10-2-5-14(19)15(20)6-10/h2-7H,8H2,1H3,(H,21,24). The van der Waals surface area contributed by atoms with Crippen LogP contribution in [0.3, 0.4) is 0 Å². The van der Waals surface area contributed by atoms with Gasteiger partial charge in [0.25, 0.3) is 0 Å². The van der Waals surface area contributed by atoms with E-state index in [2.05, 4.69) is 5.32 Å². The summed E-state index contributed by atoms with van der Waals surface area (Å²) in [4.78, 5) is 25.0. The lowest BCUT2D eigenvalue weighted by Gasteiger charge is -2.21. The van der Waals surface area contributed by atoms with Gasteiger partial charge in [-0.2, -0.15) is 0 Å². The van der Waals surface area contributed by atoms with Crippen molar-refractivity contribution in [2.45, 2.75) is 6.92 Å². The first kappa shape index (κ1) is 18.2. The molecule has 0 heterocycles. The van der Waals surface area contributed by atoms with Crippen LogP contribution in [0.25, 0.3) is 0 Å². The Bertz CT molecular complexity index is 800. The van der Waals surface area contributed by atoms with Crippen molar-refractivity contribution in [1.82, 2.24) is 0 Å². The van der Waals surface area contributed by atoms with Crippen LogP contribution in [0, 0.1) is 11.6 Å². The van der Waals surface area contributed by atoms with Crippen LogP contribution in [-0.4, -0.2) is 18.4 Å². The van der Waals surface area contributed by atoms with Gasteiger partial charge in [-0.25, -0.2) is 8.78 Å². The molecule has 4 nitrogen and oxygen atoms in total. The first-order valence-corrected chi connectivity index (χ1v) is 7.51. The Kier molecular flexibility index (Phi) is 5.75. The van der Waals surface area contributed by atoms with E-state index in [1.54, 1.807) is 6.07 Å². The molecular formula is C16H12Cl2F2N2O2. The van der Waals surface area contributed by atoms with Gasteiger partial charge in [-0.15, -0.1) is 0 Å². The quantitative estimate of drug-likeness (QED) is 0.871. The second-order valence-corrected chi connectivity index (χ2v) is 5.70. The summed E-state index contributed by atoms with van der Waals surface area (Å²) in [5.41, 5.74) is 0.467. The van der Waals surface area contributed by atoms with Crippen molar-refractivity contribution in [2.75, 3.05) is 16.8 Å². The minimum atomic E-state index is -1.08. The van der Waals surface area contributed by atoms with E-state index in [4.69, 9.17) is 23.2 Å². The number of amides is 2. The predicted octanol–water partition coefficient (Wildman–Crippen LogP) is 4.26. The van der Waals surface area contributed by atoms with Crippen LogP contribution in [0.2, 0.25) is 10.0 Å². The third-order valence-corrected chi connectivity index (χ3v) is 3.84. The number of halogens is 4. The molecule has 0 fully saturated rings. The van der Waals surface area contributed by atoms with Crippen LogP contribution < -0.4 is 10.2 Å². The Morgan fingerprint density at radius 1 is 1.04 bits per heavy atom. The van der Waals surface area contributed by atoms with Crippen molar-refractivity contribution in [1.29, 1.82) is 0 Å². The molecule has 0 aliphatic carbocycles. The second kappa shape index (κ2) is 7.59. The number of hydrogen-bond donors (Lipinski definition) is 1. The topological polar surface area (TPSA) is 49.4 Å². The van der Waals surface area contributed by atoms with E-state index < -0.39 is 23.4 Å². The van der Waals surface area contributed by atoms with Gasteiger partial charge in [0.05, 0.1) is 10.0 Å². The summed E-state index contributed by atoms with van der Waals surface area (Å²) < 4.78 is 26.0. The fraction of sp³-hybridized carbons (Fsp3) is 0.125. The number of rotatable bonds is 4. The summed E-state index contributed by atoms with van der Waals surface area (Å²) in [5.74, 6) is -3.08. The van der Waals surface area contributed by atoms with Crippen molar-refractivity contribution in [3.63, 3.8) is 0 Å². The zero-order valence-electron chi connectivity index (χ0n) is 12.4. The highest BCUT2D eigenvalue weighted by atomic mass is 35.5. The summed E-state index contributed by atoms with van der Waals surface area (Å²) >= 11 is 11.7. The van der Waals surface area contributed by atoms with E-state index in [9.17, 15) is 18.4 Å². The molecule has 2 rings (SSSR count). The number of nitrogens with zero attached hydrogens (tertiary/aromatic N) is 1. The van der Waals surface area contributed by atoms with Gasteiger partial charge in [0.1, 0.15) is 6.54 Å². The summed E-state index contributed by atoms with van der Waals surface area (Å²) in [6.45, 7) is 0.958. The fourth-order valence-corrected chi connectivity index (χ4v) is 2.25. The molecule has 2 amide bonds. The molecule has 0 bridgehead atoms. The molecule has 0 atom stereocenters. The monoisotopic (exact) mass is 372 g/mol. The Balaban J connectivity index is 2.15. The molecular weight excluding hydrogens is 361 g/mol. The summed E-state index contributed by atoms with van der Waals surface area (Å²) in [7, 11) is 0. The third-order valence-electron chi connectivity index (χ3n) is 3.10. The average Bonchev–Trinajstić information content (AvgIpc) is 2.51. The van der Waals surface area contributed by atoms with Gasteiger partial charge >= 0.3 is 0 Å². The number of benzene rings is 2. The van der Waals surface area contributed by atoms with Gasteiger partial charge in [-0.1, -0.05) is 23.2 Å². The number of carbonyl (C=O) groups excluding carboxylic acids is 2. The molecule has 0 unspecified atom stereocenters. The minimum absolute atomic E-state index is 0.0801. The Labute approximate surface area is 147 Å². The molecule has 8 heteroatoms. The number of carbonyl (C=O) groups is 2. The zero-order valence-corrected chi connectivity index (χ0v) is 14.0. The molecule has 0 aliphatic heterocycles. The second-order valence-electron chi connectivity index (χ2n) is 4.88. The average molecular weight is 373 g/mol. The third kappa shape index (κ3) is 4.43. The van der Waals surface area contributed by atoms with E-state index in [0.29, 0.717) is 10.7 Å². The van der Waals surface area contributed by atoms with Crippen molar-refractivity contribution in [2.24, 2.45) is 0 Å². The van der Waals surface area contributed by atoms with E-state index in [0.717, 1.165) is 12.1 Å². The van der Waals surface area contributed by atoms with Crippen LogP contribution in [0.1, 0.15) is 6.92 Å². The van der Waals surface area contributed by atoms with Crippen LogP contribution >= 0.6 is 23.2 Å². The maximum absolute atomic E-state index is 13.1. The van der Waals surface area contributed by atoms with Crippen molar-refractivity contribution in [3.05, 3.63) is 58.1 Å². The zero-order chi connectivity index (χ0) is 17.9. The van der Waals surface area contributed by atoms with Crippen LogP contribution in [0.5, 0.6) is 0 Å². The Hall–Kier alpha value is -2.18. The predicted molar refractivity (Wildman–Crippen MR) is 89.5 cm³/mol. The molecule has 1 N–H and O–H groups in total. The molecule has 0 saturated carbocycles. The van der Waals surface area contributed by atoms with E-state index in [1.165, 1.54) is 30.0 Å². The lowest BCUT2D eigenvalue weighted by atomic mass is 10.2. The lowest BCUT2D eigenvalue weighted by molar-refractivity contribution is -0.120. The summed E-state index contributed by atoms with van der Waals surface area (Å²) in [6.07, 6.45) is 0. The van der Waals surface area contributed by atoms with Crippen LogP contribution in [-0.2, 0) is 9.59 Å². The van der Waals surface area contributed by atoms with Gasteiger partial charge in [0.2, 0.25) is 11.8 Å². The molecule has 0 aliphatic rings. The fourth-order valence-electron chi connectivity index (χ4n) is 1.96. The van der Waals surface area contributed by atoms with Gasteiger partial charge in [0, 0.05) is 24.4 Å². The van der Waals surface area contributed by atoms with Gasteiger partial charge in [-0.3, -0.25) is 9.59 Å². The highest BCUT2D eigenvalue weighted by molar-refractivity contribution is 6.42. The van der Waals surface area contributed by atoms with Crippen LogP contribution in [0.4, 0.5) is 20.2 Å². The molecule has 24 heavy (non-hydrogen) atoms. The molecule has 126 valence electrons. The largest absolute Gasteiger partial charge is 0.324 e. The summed E-state index contributed by atoms with van der Waals surface area (Å²) in [6, 6.07) is 7.46. The normalized spacial score (nSPS) is 10.4. The number of hydrogen-bond acceptors (Lipinski definition) is 2. The first-order chi connectivity index (χ1) is 11.3. The van der Waals surface area contributed by atoms with E-state index in [1.807, 2.05) is 0 Å². The molecule has 0 radical (unpaired) electrons. The van der Waals surface area contributed by atoms with Gasteiger partial charge in [0.15, 0.2) is 11.6 Å². The van der Waals surface area contributed by atoms with E-state index >= 15 is 0 Å². The SMILES string of the molecule is CC(=O)N(CC(=O)Nc1ccc(F)c(F)c1)c1ccc(Cl)c(Cl)c1.